The summed E-state index contributed by atoms with van der Waals surface area (Å²) in [6.45, 7) is 0.408. The van der Waals surface area contributed by atoms with Gasteiger partial charge in [0.1, 0.15) is 21.8 Å². The van der Waals surface area contributed by atoms with Crippen LogP contribution in [0.3, 0.4) is 0 Å². The number of thioether (sulfide) groups is 1. The van der Waals surface area contributed by atoms with Crippen LogP contribution in [-0.4, -0.2) is 34.2 Å². The summed E-state index contributed by atoms with van der Waals surface area (Å²) in [5.74, 6) is -1.60. The van der Waals surface area contributed by atoms with Crippen LogP contribution in [0.4, 0.5) is 13.2 Å². The van der Waals surface area contributed by atoms with E-state index in [1.54, 1.807) is 13.8 Å². The molecule has 1 atom stereocenters. The molecular weight excluding hydrogens is 428 g/mol. The van der Waals surface area contributed by atoms with E-state index in [4.69, 9.17) is 27.9 Å². The molecule has 0 radical (unpaired) electrons. The van der Waals surface area contributed by atoms with Crippen LogP contribution in [0.2, 0.25) is 10.0 Å². The number of aryl methyl sites for hydroxylation is 1. The van der Waals surface area contributed by atoms with Crippen molar-refractivity contribution in [1.29, 1.82) is 0 Å². The van der Waals surface area contributed by atoms with E-state index in [0.717, 1.165) is 22.5 Å². The molecule has 0 saturated heterocycles. The van der Waals surface area contributed by atoms with Crippen molar-refractivity contribution in [2.75, 3.05) is 6.61 Å². The quantitative estimate of drug-likeness (QED) is 0.436. The number of esters is 1. The first-order valence-corrected chi connectivity index (χ1v) is 9.29. The number of carbonyl (C=O) groups is 1. The zero-order valence-electron chi connectivity index (χ0n) is 14.4. The SMILES string of the molecule is CCOC(=O)C(C)Sc1cc(-c2nn(C)c(OC(F)F)c2Cl)c(F)cc1Cl. The fourth-order valence-electron chi connectivity index (χ4n) is 2.17. The third-order valence-electron chi connectivity index (χ3n) is 3.34. The highest BCUT2D eigenvalue weighted by molar-refractivity contribution is 8.00. The number of aromatic nitrogens is 2. The van der Waals surface area contributed by atoms with Gasteiger partial charge in [0.15, 0.2) is 0 Å². The van der Waals surface area contributed by atoms with Crippen molar-refractivity contribution in [3.05, 3.63) is 28.0 Å². The molecule has 148 valence electrons. The highest BCUT2D eigenvalue weighted by Crippen LogP contribution is 2.40. The van der Waals surface area contributed by atoms with Gasteiger partial charge in [-0.05, 0) is 26.0 Å². The largest absolute Gasteiger partial charge is 0.465 e. The van der Waals surface area contributed by atoms with Crippen molar-refractivity contribution in [3.8, 4) is 17.1 Å². The molecule has 11 heteroatoms. The van der Waals surface area contributed by atoms with Gasteiger partial charge in [0, 0.05) is 17.5 Å². The molecule has 1 unspecified atom stereocenters. The van der Waals surface area contributed by atoms with Gasteiger partial charge in [0.2, 0.25) is 5.88 Å². The molecule has 2 aromatic rings. The molecule has 1 aromatic heterocycles. The molecule has 0 bridgehead atoms. The predicted molar refractivity (Wildman–Crippen MR) is 97.2 cm³/mol. The lowest BCUT2D eigenvalue weighted by atomic mass is 10.1. The highest BCUT2D eigenvalue weighted by Gasteiger charge is 2.24. The standard InChI is InChI=1S/C16H15Cl2F3N2O3S/c1-4-25-15(24)7(2)27-11-5-8(10(19)6-9(11)17)13-12(18)14(23(3)22-13)26-16(20)21/h5-7,16H,4H2,1-3H3. The van der Waals surface area contributed by atoms with Gasteiger partial charge in [0.05, 0.1) is 11.6 Å². The van der Waals surface area contributed by atoms with Crippen LogP contribution in [0.1, 0.15) is 13.8 Å². The molecule has 2 rings (SSSR count). The van der Waals surface area contributed by atoms with E-state index in [9.17, 15) is 18.0 Å². The second kappa shape index (κ2) is 9.07. The van der Waals surface area contributed by atoms with Gasteiger partial charge in [-0.25, -0.2) is 9.07 Å². The van der Waals surface area contributed by atoms with Crippen LogP contribution in [0.15, 0.2) is 17.0 Å². The van der Waals surface area contributed by atoms with Gasteiger partial charge < -0.3 is 9.47 Å². The summed E-state index contributed by atoms with van der Waals surface area (Å²) in [7, 11) is 1.33. The van der Waals surface area contributed by atoms with E-state index in [2.05, 4.69) is 9.84 Å². The first-order chi connectivity index (χ1) is 12.6. The maximum absolute atomic E-state index is 14.4. The first kappa shape index (κ1) is 21.7. The van der Waals surface area contributed by atoms with Crippen LogP contribution in [-0.2, 0) is 16.6 Å². The van der Waals surface area contributed by atoms with Crippen LogP contribution in [0, 0.1) is 5.82 Å². The van der Waals surface area contributed by atoms with E-state index >= 15 is 0 Å². The molecule has 0 amide bonds. The molecular formula is C16H15Cl2F3N2O3S. The maximum atomic E-state index is 14.4. The second-order valence-electron chi connectivity index (χ2n) is 5.24. The molecule has 0 spiro atoms. The molecule has 0 saturated carbocycles. The molecule has 27 heavy (non-hydrogen) atoms. The van der Waals surface area contributed by atoms with Crippen LogP contribution in [0.5, 0.6) is 5.88 Å². The molecule has 0 N–H and O–H groups in total. The minimum Gasteiger partial charge on any atom is -0.465 e. The second-order valence-corrected chi connectivity index (χ2v) is 7.41. The Kier molecular flexibility index (Phi) is 7.30. The van der Waals surface area contributed by atoms with Crippen LogP contribution >= 0.6 is 35.0 Å². The molecule has 1 heterocycles. The monoisotopic (exact) mass is 442 g/mol. The molecule has 5 nitrogen and oxygen atoms in total. The normalized spacial score (nSPS) is 12.3. The van der Waals surface area contributed by atoms with E-state index in [0.29, 0.717) is 4.90 Å². The molecule has 1 aromatic carbocycles. The Bertz CT molecular complexity index is 849. The molecule has 0 aliphatic rings. The predicted octanol–water partition coefficient (Wildman–Crippen LogP) is 5.18. The third kappa shape index (κ3) is 5.03. The minimum atomic E-state index is -3.11. The van der Waals surface area contributed by atoms with Gasteiger partial charge >= 0.3 is 12.6 Å². The number of hydrogen-bond donors (Lipinski definition) is 0. The van der Waals surface area contributed by atoms with E-state index in [1.807, 2.05) is 0 Å². The van der Waals surface area contributed by atoms with E-state index < -0.39 is 29.5 Å². The summed E-state index contributed by atoms with van der Waals surface area (Å²) in [6, 6.07) is 2.38. The summed E-state index contributed by atoms with van der Waals surface area (Å²) in [6.07, 6.45) is 0. The van der Waals surface area contributed by atoms with Crippen molar-refractivity contribution < 1.29 is 27.4 Å². The fraction of sp³-hybridized carbons (Fsp3) is 0.375. The number of benzene rings is 1. The summed E-state index contributed by atoms with van der Waals surface area (Å²) >= 11 is 13.2. The number of carbonyl (C=O) groups excluding carboxylic acids is 1. The summed E-state index contributed by atoms with van der Waals surface area (Å²) < 4.78 is 49.7. The third-order valence-corrected chi connectivity index (χ3v) is 5.24. The summed E-state index contributed by atoms with van der Waals surface area (Å²) in [5, 5.41) is 3.16. The summed E-state index contributed by atoms with van der Waals surface area (Å²) in [4.78, 5) is 12.2. The average Bonchev–Trinajstić information content (AvgIpc) is 2.85. The Morgan fingerprint density at radius 2 is 2.04 bits per heavy atom. The van der Waals surface area contributed by atoms with Gasteiger partial charge in [-0.15, -0.1) is 11.8 Å². The smallest absolute Gasteiger partial charge is 0.388 e. The highest BCUT2D eigenvalue weighted by atomic mass is 35.5. The molecule has 0 aliphatic heterocycles. The number of halogens is 5. The number of rotatable bonds is 7. The Labute approximate surface area is 167 Å². The number of hydrogen-bond acceptors (Lipinski definition) is 5. The van der Waals surface area contributed by atoms with Crippen molar-refractivity contribution in [2.24, 2.45) is 7.05 Å². The van der Waals surface area contributed by atoms with Crippen molar-refractivity contribution >= 4 is 40.9 Å². The van der Waals surface area contributed by atoms with Crippen molar-refractivity contribution in [3.63, 3.8) is 0 Å². The zero-order valence-corrected chi connectivity index (χ0v) is 16.8. The number of nitrogens with zero attached hydrogens (tertiary/aromatic N) is 2. The lowest BCUT2D eigenvalue weighted by Crippen LogP contribution is -2.16. The Hall–Kier alpha value is -1.58. The Morgan fingerprint density at radius 1 is 1.37 bits per heavy atom. The molecule has 0 aliphatic carbocycles. The van der Waals surface area contributed by atoms with Crippen LogP contribution in [0.25, 0.3) is 11.3 Å². The fourth-order valence-corrected chi connectivity index (χ4v) is 3.66. The van der Waals surface area contributed by atoms with Gasteiger partial charge in [-0.1, -0.05) is 23.2 Å². The van der Waals surface area contributed by atoms with Crippen molar-refractivity contribution in [1.82, 2.24) is 9.78 Å². The number of alkyl halides is 2. The minimum absolute atomic E-state index is 0.0670. The Morgan fingerprint density at radius 3 is 2.63 bits per heavy atom. The summed E-state index contributed by atoms with van der Waals surface area (Å²) in [5.41, 5.74) is -0.155. The van der Waals surface area contributed by atoms with Crippen molar-refractivity contribution in [2.45, 2.75) is 30.6 Å². The lowest BCUT2D eigenvalue weighted by Gasteiger charge is -2.12. The van der Waals surface area contributed by atoms with Gasteiger partial charge in [-0.2, -0.15) is 13.9 Å². The van der Waals surface area contributed by atoms with Gasteiger partial charge in [-0.3, -0.25) is 4.79 Å². The number of ether oxygens (including phenoxy) is 2. The van der Waals surface area contributed by atoms with Gasteiger partial charge in [0.25, 0.3) is 0 Å². The zero-order chi connectivity index (χ0) is 20.3. The van der Waals surface area contributed by atoms with E-state index in [-0.39, 0.29) is 27.9 Å². The average molecular weight is 443 g/mol. The first-order valence-electron chi connectivity index (χ1n) is 7.65. The molecule has 0 fully saturated rings. The van der Waals surface area contributed by atoms with Crippen LogP contribution < -0.4 is 4.74 Å². The Balaban J connectivity index is 2.43. The lowest BCUT2D eigenvalue weighted by molar-refractivity contribution is -0.142. The topological polar surface area (TPSA) is 53.3 Å². The maximum Gasteiger partial charge on any atom is 0.388 e. The van der Waals surface area contributed by atoms with E-state index in [1.165, 1.54) is 13.1 Å².